The normalized spacial score (nSPS) is 18.5. The molecule has 0 unspecified atom stereocenters. The first-order chi connectivity index (χ1) is 7.43. The Balaban J connectivity index is 1.96. The molecule has 0 saturated heterocycles. The highest BCUT2D eigenvalue weighted by molar-refractivity contribution is 5.99. The van der Waals surface area contributed by atoms with Crippen molar-refractivity contribution in [3.63, 3.8) is 0 Å². The number of aliphatic imine (C=N–C) groups is 1. The molecule has 0 spiro atoms. The minimum atomic E-state index is 0.855. The summed E-state index contributed by atoms with van der Waals surface area (Å²) in [6, 6.07) is 1.92. The van der Waals surface area contributed by atoms with Crippen LogP contribution in [0.4, 0.5) is 0 Å². The summed E-state index contributed by atoms with van der Waals surface area (Å²) < 4.78 is 0. The van der Waals surface area contributed by atoms with Gasteiger partial charge in [0.25, 0.3) is 0 Å². The highest BCUT2D eigenvalue weighted by Crippen LogP contribution is 2.19. The van der Waals surface area contributed by atoms with Crippen LogP contribution in [-0.2, 0) is 0 Å². The summed E-state index contributed by atoms with van der Waals surface area (Å²) >= 11 is 0. The van der Waals surface area contributed by atoms with Crippen molar-refractivity contribution >= 4 is 11.5 Å². The van der Waals surface area contributed by atoms with Crippen molar-refractivity contribution in [2.45, 2.75) is 0 Å². The van der Waals surface area contributed by atoms with Crippen LogP contribution in [0.3, 0.4) is 0 Å². The minimum absolute atomic E-state index is 0.855. The predicted octanol–water partition coefficient (Wildman–Crippen LogP) is 1.55. The summed E-state index contributed by atoms with van der Waals surface area (Å²) in [5, 5.41) is 6.84. The molecule has 1 aromatic heterocycles. The maximum Gasteiger partial charge on any atom is 0.133 e. The van der Waals surface area contributed by atoms with Gasteiger partial charge in [-0.3, -0.25) is 5.10 Å². The van der Waals surface area contributed by atoms with Crippen molar-refractivity contribution in [3.05, 3.63) is 48.5 Å². The fourth-order valence-electron chi connectivity index (χ4n) is 1.65. The van der Waals surface area contributed by atoms with E-state index in [1.54, 1.807) is 6.20 Å². The fourth-order valence-corrected chi connectivity index (χ4v) is 1.65. The number of aromatic nitrogens is 2. The topological polar surface area (TPSA) is 44.3 Å². The highest BCUT2D eigenvalue weighted by atomic mass is 15.2. The van der Waals surface area contributed by atoms with Gasteiger partial charge in [0.05, 0.1) is 11.4 Å². The monoisotopic (exact) mass is 198 g/mol. The average Bonchev–Trinajstić information content (AvgIpc) is 2.82. The van der Waals surface area contributed by atoms with Crippen molar-refractivity contribution in [2.75, 3.05) is 6.54 Å². The molecule has 0 aliphatic carbocycles. The second-order valence-corrected chi connectivity index (χ2v) is 3.38. The number of aromatic amines is 1. The molecular weight excluding hydrogens is 188 g/mol. The van der Waals surface area contributed by atoms with Gasteiger partial charge in [0.1, 0.15) is 5.84 Å². The molecule has 3 heterocycles. The van der Waals surface area contributed by atoms with E-state index in [1.165, 1.54) is 0 Å². The smallest absolute Gasteiger partial charge is 0.133 e. The van der Waals surface area contributed by atoms with Gasteiger partial charge >= 0.3 is 0 Å². The molecule has 74 valence electrons. The van der Waals surface area contributed by atoms with E-state index >= 15 is 0 Å². The molecule has 0 bridgehead atoms. The molecule has 0 saturated carbocycles. The Kier molecular flexibility index (Phi) is 1.78. The van der Waals surface area contributed by atoms with Gasteiger partial charge in [-0.05, 0) is 24.3 Å². The number of hydrogen-bond acceptors (Lipinski definition) is 3. The summed E-state index contributed by atoms with van der Waals surface area (Å²) in [7, 11) is 0. The number of H-pyrrole nitrogens is 1. The van der Waals surface area contributed by atoms with Gasteiger partial charge in [-0.2, -0.15) is 5.10 Å². The van der Waals surface area contributed by atoms with Crippen LogP contribution in [0.25, 0.3) is 5.70 Å². The molecule has 4 heteroatoms. The van der Waals surface area contributed by atoms with E-state index in [0.717, 1.165) is 23.8 Å². The predicted molar refractivity (Wildman–Crippen MR) is 59.0 cm³/mol. The lowest BCUT2D eigenvalue weighted by Gasteiger charge is -2.24. The highest BCUT2D eigenvalue weighted by Gasteiger charge is 2.14. The summed E-state index contributed by atoms with van der Waals surface area (Å²) in [4.78, 5) is 6.64. The molecule has 0 amide bonds. The largest absolute Gasteiger partial charge is 0.329 e. The first-order valence-electron chi connectivity index (χ1n) is 4.83. The molecule has 0 aromatic carbocycles. The molecule has 0 radical (unpaired) electrons. The van der Waals surface area contributed by atoms with Crippen LogP contribution < -0.4 is 0 Å². The molecule has 1 aromatic rings. The van der Waals surface area contributed by atoms with Gasteiger partial charge < -0.3 is 4.90 Å². The van der Waals surface area contributed by atoms with E-state index in [0.29, 0.717) is 0 Å². The SMILES string of the molecule is C1=CC2=NC(c3ccn[nH]3)=CCN2C=C1. The van der Waals surface area contributed by atoms with Gasteiger partial charge in [-0.1, -0.05) is 6.08 Å². The standard InChI is InChI=1S/C11H10N4/c1-2-7-15-8-5-9(13-11(15)3-1)10-4-6-12-14-10/h1-7H,8H2,(H,12,14). The average molecular weight is 198 g/mol. The zero-order valence-electron chi connectivity index (χ0n) is 8.09. The zero-order valence-corrected chi connectivity index (χ0v) is 8.09. The lowest BCUT2D eigenvalue weighted by atomic mass is 10.2. The van der Waals surface area contributed by atoms with Crippen LogP contribution in [0.5, 0.6) is 0 Å². The second kappa shape index (κ2) is 3.24. The number of nitrogens with zero attached hydrogens (tertiary/aromatic N) is 3. The van der Waals surface area contributed by atoms with Gasteiger partial charge in [-0.15, -0.1) is 0 Å². The summed E-state index contributed by atoms with van der Waals surface area (Å²) in [5.41, 5.74) is 1.92. The van der Waals surface area contributed by atoms with Crippen LogP contribution in [-0.4, -0.2) is 27.5 Å². The Hall–Kier alpha value is -2.10. The van der Waals surface area contributed by atoms with Crippen LogP contribution in [0, 0.1) is 0 Å². The molecule has 1 N–H and O–H groups in total. The van der Waals surface area contributed by atoms with Crippen molar-refractivity contribution in [1.29, 1.82) is 0 Å². The Morgan fingerprint density at radius 1 is 1.33 bits per heavy atom. The zero-order chi connectivity index (χ0) is 10.1. The van der Waals surface area contributed by atoms with Crippen molar-refractivity contribution in [2.24, 2.45) is 4.99 Å². The maximum atomic E-state index is 4.54. The van der Waals surface area contributed by atoms with Gasteiger partial charge in [0.15, 0.2) is 0 Å². The number of amidine groups is 1. The third-order valence-electron chi connectivity index (χ3n) is 2.41. The molecule has 2 aliphatic heterocycles. The van der Waals surface area contributed by atoms with Gasteiger partial charge in [0.2, 0.25) is 0 Å². The maximum absolute atomic E-state index is 4.54. The Morgan fingerprint density at radius 2 is 2.33 bits per heavy atom. The van der Waals surface area contributed by atoms with E-state index in [9.17, 15) is 0 Å². The van der Waals surface area contributed by atoms with E-state index < -0.39 is 0 Å². The van der Waals surface area contributed by atoms with Crippen LogP contribution >= 0.6 is 0 Å². The number of hydrogen-bond donors (Lipinski definition) is 1. The summed E-state index contributed by atoms with van der Waals surface area (Å²) in [6.45, 7) is 0.855. The third kappa shape index (κ3) is 1.40. The van der Waals surface area contributed by atoms with E-state index in [4.69, 9.17) is 0 Å². The lowest BCUT2D eigenvalue weighted by molar-refractivity contribution is 0.616. The van der Waals surface area contributed by atoms with Crippen molar-refractivity contribution in [1.82, 2.24) is 15.1 Å². The Labute approximate surface area is 87.3 Å². The first kappa shape index (κ1) is 8.23. The van der Waals surface area contributed by atoms with E-state index in [1.807, 2.05) is 30.5 Å². The van der Waals surface area contributed by atoms with Crippen molar-refractivity contribution in [3.8, 4) is 0 Å². The fraction of sp³-hybridized carbons (Fsp3) is 0.0909. The molecule has 2 aliphatic rings. The number of allylic oxidation sites excluding steroid dienone is 2. The summed E-state index contributed by atoms with van der Waals surface area (Å²) in [6.07, 6.45) is 11.8. The molecule has 4 nitrogen and oxygen atoms in total. The molecule has 0 atom stereocenters. The van der Waals surface area contributed by atoms with Gasteiger partial charge in [0, 0.05) is 18.9 Å². The first-order valence-corrected chi connectivity index (χ1v) is 4.83. The van der Waals surface area contributed by atoms with Crippen molar-refractivity contribution < 1.29 is 0 Å². The summed E-state index contributed by atoms with van der Waals surface area (Å²) in [5.74, 6) is 0.976. The van der Waals surface area contributed by atoms with Crippen LogP contribution in [0.2, 0.25) is 0 Å². The quantitative estimate of drug-likeness (QED) is 0.744. The van der Waals surface area contributed by atoms with E-state index in [-0.39, 0.29) is 0 Å². The van der Waals surface area contributed by atoms with Crippen LogP contribution in [0.1, 0.15) is 5.69 Å². The second-order valence-electron chi connectivity index (χ2n) is 3.38. The van der Waals surface area contributed by atoms with E-state index in [2.05, 4.69) is 26.2 Å². The third-order valence-corrected chi connectivity index (χ3v) is 2.41. The molecule has 15 heavy (non-hydrogen) atoms. The number of fused-ring (bicyclic) bond motifs is 1. The molecule has 3 rings (SSSR count). The molecular formula is C11H10N4. The lowest BCUT2D eigenvalue weighted by Crippen LogP contribution is -2.28. The minimum Gasteiger partial charge on any atom is -0.329 e. The number of nitrogens with one attached hydrogen (secondary N) is 1. The van der Waals surface area contributed by atoms with Crippen LogP contribution in [0.15, 0.2) is 47.8 Å². The van der Waals surface area contributed by atoms with Gasteiger partial charge in [-0.25, -0.2) is 4.99 Å². The Morgan fingerprint density at radius 3 is 3.20 bits per heavy atom. The Bertz CT molecular complexity index is 477. The molecule has 0 fully saturated rings. The number of rotatable bonds is 1.